The van der Waals surface area contributed by atoms with Gasteiger partial charge in [0.1, 0.15) is 11.5 Å². The Morgan fingerprint density at radius 3 is 2.65 bits per heavy atom. The average molecular weight is 303 g/mol. The highest BCUT2D eigenvalue weighted by Crippen LogP contribution is 2.26. The lowest BCUT2D eigenvalue weighted by molar-refractivity contribution is 0.251. The highest BCUT2D eigenvalue weighted by Gasteiger charge is 2.19. The Kier molecular flexibility index (Phi) is 6.36. The molecule has 1 N–H and O–H groups in total. The standard InChI is InChI=1S/C15H23F2NOS/c1-11(12-5-3-2-4-6-12)18-9-13-7-8-14(19-13)10-20-15(16)17/h7-8,11-12,15,18H,2-6,9-10H2,1H3/t11-/m1/s1. The molecule has 0 unspecified atom stereocenters. The van der Waals surface area contributed by atoms with E-state index in [-0.39, 0.29) is 5.75 Å². The number of furan rings is 1. The van der Waals surface area contributed by atoms with Crippen molar-refractivity contribution in [2.24, 2.45) is 5.92 Å². The number of alkyl halides is 2. The van der Waals surface area contributed by atoms with Crippen molar-refractivity contribution in [1.82, 2.24) is 5.32 Å². The van der Waals surface area contributed by atoms with Crippen LogP contribution in [0.5, 0.6) is 0 Å². The van der Waals surface area contributed by atoms with Gasteiger partial charge in [-0.25, -0.2) is 0 Å². The number of hydrogen-bond acceptors (Lipinski definition) is 3. The van der Waals surface area contributed by atoms with Crippen molar-refractivity contribution in [3.05, 3.63) is 23.7 Å². The first-order valence-corrected chi connectivity index (χ1v) is 8.41. The van der Waals surface area contributed by atoms with Crippen molar-refractivity contribution in [3.8, 4) is 0 Å². The van der Waals surface area contributed by atoms with Crippen molar-refractivity contribution in [2.45, 2.75) is 63.1 Å². The SMILES string of the molecule is C[C@@H](NCc1ccc(CSC(F)F)o1)C1CCCCC1. The third kappa shape index (κ3) is 5.09. The van der Waals surface area contributed by atoms with Crippen LogP contribution < -0.4 is 5.32 Å². The van der Waals surface area contributed by atoms with Crippen molar-refractivity contribution in [2.75, 3.05) is 0 Å². The molecule has 1 saturated carbocycles. The predicted molar refractivity (Wildman–Crippen MR) is 78.9 cm³/mol. The molecule has 1 atom stereocenters. The molecule has 5 heteroatoms. The summed E-state index contributed by atoms with van der Waals surface area (Å²) in [5.74, 6) is 0.103. The van der Waals surface area contributed by atoms with Gasteiger partial charge in [-0.15, -0.1) is 0 Å². The van der Waals surface area contributed by atoms with E-state index >= 15 is 0 Å². The van der Waals surface area contributed by atoms with Crippen LogP contribution in [0.25, 0.3) is 0 Å². The van der Waals surface area contributed by atoms with Crippen LogP contribution in [-0.4, -0.2) is 11.8 Å². The Balaban J connectivity index is 1.73. The summed E-state index contributed by atoms with van der Waals surface area (Å²) in [6, 6.07) is 4.15. The van der Waals surface area contributed by atoms with Crippen LogP contribution in [0.2, 0.25) is 0 Å². The molecule has 1 heterocycles. The minimum atomic E-state index is -2.34. The van der Waals surface area contributed by atoms with Gasteiger partial charge in [-0.05, 0) is 37.8 Å². The number of hydrogen-bond donors (Lipinski definition) is 1. The number of rotatable bonds is 7. The average Bonchev–Trinajstić information content (AvgIpc) is 2.91. The van der Waals surface area contributed by atoms with Crippen LogP contribution >= 0.6 is 11.8 Å². The first kappa shape index (κ1) is 15.8. The number of nitrogens with one attached hydrogen (secondary N) is 1. The molecule has 1 aliphatic rings. The Hall–Kier alpha value is -0.550. The van der Waals surface area contributed by atoms with Gasteiger partial charge in [-0.3, -0.25) is 0 Å². The quantitative estimate of drug-likeness (QED) is 0.783. The first-order valence-electron chi connectivity index (χ1n) is 7.36. The van der Waals surface area contributed by atoms with Crippen molar-refractivity contribution < 1.29 is 13.2 Å². The first-order chi connectivity index (χ1) is 9.65. The van der Waals surface area contributed by atoms with Crippen LogP contribution in [0, 0.1) is 5.92 Å². The van der Waals surface area contributed by atoms with E-state index in [0.717, 1.165) is 11.7 Å². The summed E-state index contributed by atoms with van der Waals surface area (Å²) in [4.78, 5) is 0. The van der Waals surface area contributed by atoms with Gasteiger partial charge in [-0.1, -0.05) is 31.0 Å². The summed E-state index contributed by atoms with van der Waals surface area (Å²) in [7, 11) is 0. The lowest BCUT2D eigenvalue weighted by Crippen LogP contribution is -2.34. The van der Waals surface area contributed by atoms with Crippen molar-refractivity contribution in [1.29, 1.82) is 0 Å². The fourth-order valence-corrected chi connectivity index (χ4v) is 3.25. The zero-order chi connectivity index (χ0) is 14.4. The third-order valence-electron chi connectivity index (χ3n) is 4.02. The lowest BCUT2D eigenvalue weighted by atomic mass is 9.84. The second-order valence-corrected chi connectivity index (χ2v) is 6.49. The summed E-state index contributed by atoms with van der Waals surface area (Å²) < 4.78 is 29.7. The molecule has 2 nitrogen and oxygen atoms in total. The van der Waals surface area contributed by atoms with Crippen LogP contribution in [0.1, 0.15) is 50.5 Å². The highest BCUT2D eigenvalue weighted by molar-refractivity contribution is 7.98. The lowest BCUT2D eigenvalue weighted by Gasteiger charge is -2.28. The van der Waals surface area contributed by atoms with Crippen molar-refractivity contribution in [3.63, 3.8) is 0 Å². The summed E-state index contributed by atoms with van der Waals surface area (Å²) in [6.45, 7) is 2.91. The van der Waals surface area contributed by atoms with E-state index < -0.39 is 5.76 Å². The topological polar surface area (TPSA) is 25.2 Å². The summed E-state index contributed by atoms with van der Waals surface area (Å²) in [6.07, 6.45) is 6.66. The molecule has 0 spiro atoms. The Labute approximate surface area is 123 Å². The largest absolute Gasteiger partial charge is 0.464 e. The zero-order valence-corrected chi connectivity index (χ0v) is 12.7. The van der Waals surface area contributed by atoms with Gasteiger partial charge in [0.05, 0.1) is 12.3 Å². The van der Waals surface area contributed by atoms with E-state index in [1.807, 2.05) is 6.07 Å². The molecule has 0 aliphatic heterocycles. The molecule has 1 fully saturated rings. The van der Waals surface area contributed by atoms with Gasteiger partial charge in [-0.2, -0.15) is 8.78 Å². The summed E-state index contributed by atoms with van der Waals surface area (Å²) in [5, 5.41) is 3.50. The smallest absolute Gasteiger partial charge is 0.284 e. The van der Waals surface area contributed by atoms with E-state index in [0.29, 0.717) is 30.1 Å². The van der Waals surface area contributed by atoms with E-state index in [1.165, 1.54) is 32.1 Å². The van der Waals surface area contributed by atoms with Crippen LogP contribution in [0.4, 0.5) is 8.78 Å². The molecule has 0 saturated heterocycles. The summed E-state index contributed by atoms with van der Waals surface area (Å²) >= 11 is 0.597. The van der Waals surface area contributed by atoms with Gasteiger partial charge in [0.25, 0.3) is 5.76 Å². The normalized spacial score (nSPS) is 18.6. The van der Waals surface area contributed by atoms with E-state index in [4.69, 9.17) is 4.42 Å². The maximum Gasteiger partial charge on any atom is 0.284 e. The Morgan fingerprint density at radius 1 is 1.25 bits per heavy atom. The van der Waals surface area contributed by atoms with Gasteiger partial charge < -0.3 is 9.73 Å². The molecule has 0 aromatic carbocycles. The predicted octanol–water partition coefficient (Wildman–Crippen LogP) is 4.79. The Bertz CT molecular complexity index is 391. The molecule has 20 heavy (non-hydrogen) atoms. The minimum absolute atomic E-state index is 0.232. The molecule has 1 aromatic heterocycles. The van der Waals surface area contributed by atoms with Gasteiger partial charge in [0, 0.05) is 6.04 Å². The monoisotopic (exact) mass is 303 g/mol. The highest BCUT2D eigenvalue weighted by atomic mass is 32.2. The number of halogens is 2. The van der Waals surface area contributed by atoms with Crippen LogP contribution in [-0.2, 0) is 12.3 Å². The molecule has 2 rings (SSSR count). The van der Waals surface area contributed by atoms with Crippen LogP contribution in [0.3, 0.4) is 0 Å². The van der Waals surface area contributed by atoms with Crippen LogP contribution in [0.15, 0.2) is 16.5 Å². The molecule has 0 radical (unpaired) electrons. The second-order valence-electron chi connectivity index (χ2n) is 5.51. The van der Waals surface area contributed by atoms with E-state index in [9.17, 15) is 8.78 Å². The fourth-order valence-electron chi connectivity index (χ4n) is 2.80. The maximum atomic E-state index is 12.1. The molecule has 1 aromatic rings. The molecule has 0 bridgehead atoms. The molecule has 0 amide bonds. The zero-order valence-electron chi connectivity index (χ0n) is 11.9. The second kappa shape index (κ2) is 8.03. The van der Waals surface area contributed by atoms with Gasteiger partial charge in [0.15, 0.2) is 0 Å². The third-order valence-corrected chi connectivity index (χ3v) is 4.73. The van der Waals surface area contributed by atoms with Gasteiger partial charge >= 0.3 is 0 Å². The van der Waals surface area contributed by atoms with Gasteiger partial charge in [0.2, 0.25) is 0 Å². The molecular formula is C15H23F2NOS. The number of thioether (sulfide) groups is 1. The summed E-state index contributed by atoms with van der Waals surface area (Å²) in [5.41, 5.74) is 0. The minimum Gasteiger partial charge on any atom is -0.464 e. The molecular weight excluding hydrogens is 280 g/mol. The fraction of sp³-hybridized carbons (Fsp3) is 0.733. The molecule has 1 aliphatic carbocycles. The molecule has 114 valence electrons. The van der Waals surface area contributed by atoms with E-state index in [2.05, 4.69) is 12.2 Å². The Morgan fingerprint density at radius 2 is 1.95 bits per heavy atom. The maximum absolute atomic E-state index is 12.1. The van der Waals surface area contributed by atoms with Crippen molar-refractivity contribution >= 4 is 11.8 Å². The van der Waals surface area contributed by atoms with E-state index in [1.54, 1.807) is 6.07 Å².